The van der Waals surface area contributed by atoms with E-state index in [1.807, 2.05) is 0 Å². The largest absolute Gasteiger partial charge is 0.243 e. The SMILES string of the molecule is O=S1(=O)Cc2ccc(S(=O)(=O)N3CC(F)(c4ccccc4)C3)cc2C1. The highest BCUT2D eigenvalue weighted by Crippen LogP contribution is 2.39. The summed E-state index contributed by atoms with van der Waals surface area (Å²) in [5.41, 5.74) is -0.0849. The molecule has 25 heavy (non-hydrogen) atoms. The molecule has 0 N–H and O–H groups in total. The van der Waals surface area contributed by atoms with Gasteiger partial charge in [0.05, 0.1) is 29.5 Å². The Bertz CT molecular complexity index is 1040. The van der Waals surface area contributed by atoms with Gasteiger partial charge in [0.15, 0.2) is 15.5 Å². The molecule has 0 atom stereocenters. The molecule has 1 fully saturated rings. The van der Waals surface area contributed by atoms with Gasteiger partial charge in [-0.25, -0.2) is 21.2 Å². The fourth-order valence-corrected chi connectivity index (χ4v) is 6.49. The Morgan fingerprint density at radius 3 is 2.28 bits per heavy atom. The molecule has 0 unspecified atom stereocenters. The first-order valence-corrected chi connectivity index (χ1v) is 11.0. The van der Waals surface area contributed by atoms with Gasteiger partial charge in [0.1, 0.15) is 0 Å². The van der Waals surface area contributed by atoms with Gasteiger partial charge in [0.2, 0.25) is 10.0 Å². The summed E-state index contributed by atoms with van der Waals surface area (Å²) >= 11 is 0. The van der Waals surface area contributed by atoms with Gasteiger partial charge in [0.25, 0.3) is 0 Å². The molecule has 132 valence electrons. The Hall–Kier alpha value is -1.77. The van der Waals surface area contributed by atoms with E-state index in [-0.39, 0.29) is 29.5 Å². The van der Waals surface area contributed by atoms with Crippen LogP contribution in [0.2, 0.25) is 0 Å². The van der Waals surface area contributed by atoms with Crippen LogP contribution >= 0.6 is 0 Å². The molecular weight excluding hydrogens is 365 g/mol. The Labute approximate surface area is 146 Å². The molecular formula is C17H16FNO4S2. The van der Waals surface area contributed by atoms with Crippen LogP contribution in [0.3, 0.4) is 0 Å². The zero-order valence-electron chi connectivity index (χ0n) is 13.2. The van der Waals surface area contributed by atoms with Crippen molar-refractivity contribution in [3.63, 3.8) is 0 Å². The third-order valence-electron chi connectivity index (χ3n) is 4.71. The Morgan fingerprint density at radius 2 is 1.60 bits per heavy atom. The standard InChI is InChI=1S/C17H16FNO4S2/c18-17(15-4-2-1-3-5-15)11-19(12-17)25(22,23)16-7-6-13-9-24(20,21)10-14(13)8-16/h1-8H,9-12H2. The summed E-state index contributed by atoms with van der Waals surface area (Å²) in [5, 5.41) is 0. The number of rotatable bonds is 3. The number of sulfonamides is 1. The number of nitrogens with zero attached hydrogens (tertiary/aromatic N) is 1. The second-order valence-corrected chi connectivity index (χ2v) is 10.6. The molecule has 0 aromatic heterocycles. The normalized spacial score (nSPS) is 21.5. The van der Waals surface area contributed by atoms with Crippen LogP contribution in [0.25, 0.3) is 0 Å². The third-order valence-corrected chi connectivity index (χ3v) is 8.00. The average Bonchev–Trinajstić information content (AvgIpc) is 2.85. The summed E-state index contributed by atoms with van der Waals surface area (Å²) in [4.78, 5) is 0.0125. The van der Waals surface area contributed by atoms with E-state index < -0.39 is 25.5 Å². The molecule has 0 spiro atoms. The number of hydrogen-bond donors (Lipinski definition) is 0. The Balaban J connectivity index is 1.59. The maximum Gasteiger partial charge on any atom is 0.243 e. The molecule has 2 aliphatic rings. The average molecular weight is 381 g/mol. The van der Waals surface area contributed by atoms with E-state index in [1.165, 1.54) is 18.2 Å². The minimum atomic E-state index is -3.84. The zero-order valence-corrected chi connectivity index (χ0v) is 14.9. The zero-order chi connectivity index (χ0) is 17.9. The summed E-state index contributed by atoms with van der Waals surface area (Å²) in [6, 6.07) is 12.8. The molecule has 4 rings (SSSR count). The van der Waals surface area contributed by atoms with E-state index in [0.29, 0.717) is 16.7 Å². The number of hydrogen-bond acceptors (Lipinski definition) is 4. The van der Waals surface area contributed by atoms with Gasteiger partial charge in [-0.3, -0.25) is 0 Å². The van der Waals surface area contributed by atoms with Gasteiger partial charge in [-0.1, -0.05) is 36.4 Å². The number of alkyl halides is 1. The summed E-state index contributed by atoms with van der Waals surface area (Å²) in [6.07, 6.45) is 0. The van der Waals surface area contributed by atoms with E-state index in [1.54, 1.807) is 30.3 Å². The highest BCUT2D eigenvalue weighted by atomic mass is 32.2. The lowest BCUT2D eigenvalue weighted by molar-refractivity contribution is 0.0179. The summed E-state index contributed by atoms with van der Waals surface area (Å²) in [6.45, 7) is -0.483. The summed E-state index contributed by atoms with van der Waals surface area (Å²) < 4.78 is 64.7. The molecule has 0 bridgehead atoms. The van der Waals surface area contributed by atoms with Gasteiger partial charge >= 0.3 is 0 Å². The van der Waals surface area contributed by atoms with Crippen molar-refractivity contribution in [1.82, 2.24) is 4.31 Å². The number of halogens is 1. The van der Waals surface area contributed by atoms with Gasteiger partial charge in [0, 0.05) is 0 Å². The van der Waals surface area contributed by atoms with Gasteiger partial charge in [-0.2, -0.15) is 4.31 Å². The van der Waals surface area contributed by atoms with Crippen LogP contribution in [0.4, 0.5) is 4.39 Å². The number of sulfone groups is 1. The maximum absolute atomic E-state index is 14.9. The summed E-state index contributed by atoms with van der Waals surface area (Å²) in [7, 11) is -7.04. The van der Waals surface area contributed by atoms with Crippen molar-refractivity contribution in [2.45, 2.75) is 22.1 Å². The summed E-state index contributed by atoms with van der Waals surface area (Å²) in [5.74, 6) is -0.212. The van der Waals surface area contributed by atoms with Gasteiger partial charge in [-0.15, -0.1) is 0 Å². The lowest BCUT2D eigenvalue weighted by Gasteiger charge is -2.43. The van der Waals surface area contributed by atoms with Gasteiger partial charge in [-0.05, 0) is 28.8 Å². The van der Waals surface area contributed by atoms with Crippen molar-refractivity contribution in [1.29, 1.82) is 0 Å². The maximum atomic E-state index is 14.9. The molecule has 1 saturated heterocycles. The first-order valence-electron chi connectivity index (χ1n) is 7.77. The van der Waals surface area contributed by atoms with E-state index in [4.69, 9.17) is 0 Å². The van der Waals surface area contributed by atoms with Crippen LogP contribution in [0, 0.1) is 0 Å². The molecule has 2 heterocycles. The molecule has 8 heteroatoms. The lowest BCUT2D eigenvalue weighted by atomic mass is 9.90. The first-order chi connectivity index (χ1) is 11.7. The monoisotopic (exact) mass is 381 g/mol. The molecule has 2 aliphatic heterocycles. The third kappa shape index (κ3) is 2.78. The second kappa shape index (κ2) is 5.36. The smallest absolute Gasteiger partial charge is 0.236 e. The van der Waals surface area contributed by atoms with E-state index in [9.17, 15) is 21.2 Å². The molecule has 2 aromatic rings. The molecule has 5 nitrogen and oxygen atoms in total. The topological polar surface area (TPSA) is 71.5 Å². The lowest BCUT2D eigenvalue weighted by Crippen LogP contribution is -2.58. The van der Waals surface area contributed by atoms with Crippen molar-refractivity contribution in [3.05, 3.63) is 65.2 Å². The molecule has 2 aromatic carbocycles. The van der Waals surface area contributed by atoms with Crippen molar-refractivity contribution in [3.8, 4) is 0 Å². The molecule has 0 aliphatic carbocycles. The Morgan fingerprint density at radius 1 is 0.960 bits per heavy atom. The first kappa shape index (κ1) is 16.7. The van der Waals surface area contributed by atoms with Crippen LogP contribution in [-0.2, 0) is 37.0 Å². The molecule has 0 radical (unpaired) electrons. The van der Waals surface area contributed by atoms with Crippen molar-refractivity contribution < 1.29 is 21.2 Å². The van der Waals surface area contributed by atoms with Crippen LogP contribution in [0.15, 0.2) is 53.4 Å². The van der Waals surface area contributed by atoms with Crippen molar-refractivity contribution in [2.75, 3.05) is 13.1 Å². The highest BCUT2D eigenvalue weighted by molar-refractivity contribution is 7.90. The fourth-order valence-electron chi connectivity index (χ4n) is 3.31. The predicted molar refractivity (Wildman–Crippen MR) is 90.8 cm³/mol. The van der Waals surface area contributed by atoms with E-state index in [0.717, 1.165) is 4.31 Å². The highest BCUT2D eigenvalue weighted by Gasteiger charge is 2.50. The van der Waals surface area contributed by atoms with E-state index >= 15 is 0 Å². The number of benzene rings is 2. The minimum absolute atomic E-state index is 0.0125. The number of fused-ring (bicyclic) bond motifs is 1. The quantitative estimate of drug-likeness (QED) is 0.815. The fraction of sp³-hybridized carbons (Fsp3) is 0.294. The van der Waals surface area contributed by atoms with E-state index in [2.05, 4.69) is 0 Å². The van der Waals surface area contributed by atoms with Crippen LogP contribution in [0.1, 0.15) is 16.7 Å². The Kier molecular flexibility index (Phi) is 3.58. The van der Waals surface area contributed by atoms with Crippen LogP contribution in [-0.4, -0.2) is 34.2 Å². The predicted octanol–water partition coefficient (Wildman–Crippen LogP) is 1.98. The molecule has 0 amide bonds. The van der Waals surface area contributed by atoms with Crippen LogP contribution < -0.4 is 0 Å². The second-order valence-electron chi connectivity index (χ2n) is 6.57. The molecule has 0 saturated carbocycles. The van der Waals surface area contributed by atoms with Crippen LogP contribution in [0.5, 0.6) is 0 Å². The van der Waals surface area contributed by atoms with Crippen molar-refractivity contribution >= 4 is 19.9 Å². The van der Waals surface area contributed by atoms with Crippen molar-refractivity contribution in [2.24, 2.45) is 0 Å². The minimum Gasteiger partial charge on any atom is -0.236 e. The van der Waals surface area contributed by atoms with Gasteiger partial charge < -0.3 is 0 Å².